The van der Waals surface area contributed by atoms with E-state index in [0.29, 0.717) is 11.6 Å². The van der Waals surface area contributed by atoms with E-state index in [4.69, 9.17) is 20.8 Å². The molecule has 1 aromatic carbocycles. The van der Waals surface area contributed by atoms with E-state index in [2.05, 4.69) is 12.2 Å². The highest BCUT2D eigenvalue weighted by molar-refractivity contribution is 6.30. The first-order valence-electron chi connectivity index (χ1n) is 6.46. The van der Waals surface area contributed by atoms with Crippen molar-refractivity contribution < 1.29 is 9.15 Å². The number of anilines is 1. The number of benzene rings is 1. The summed E-state index contributed by atoms with van der Waals surface area (Å²) in [6.45, 7) is 4.68. The molecule has 102 valence electrons. The van der Waals surface area contributed by atoms with Gasteiger partial charge in [0, 0.05) is 5.02 Å². The largest absolute Gasteiger partial charge is 0.492 e. The Hall–Kier alpha value is -1.61. The molecule has 1 N–H and O–H groups in total. The van der Waals surface area contributed by atoms with Crippen LogP contribution in [-0.4, -0.2) is 6.61 Å². The molecule has 0 saturated carbocycles. The second kappa shape index (κ2) is 6.53. The summed E-state index contributed by atoms with van der Waals surface area (Å²) in [6.07, 6.45) is 2.59. The van der Waals surface area contributed by atoms with Gasteiger partial charge >= 0.3 is 0 Å². The molecule has 3 nitrogen and oxygen atoms in total. The summed E-state index contributed by atoms with van der Waals surface area (Å²) in [5.74, 6) is 1.71. The minimum absolute atomic E-state index is 0.104. The van der Waals surface area contributed by atoms with Gasteiger partial charge in [-0.25, -0.2) is 0 Å². The molecule has 0 aliphatic carbocycles. The summed E-state index contributed by atoms with van der Waals surface area (Å²) in [6, 6.07) is 9.53. The number of hydrogen-bond acceptors (Lipinski definition) is 3. The van der Waals surface area contributed by atoms with Crippen LogP contribution < -0.4 is 10.1 Å². The zero-order valence-electron chi connectivity index (χ0n) is 11.2. The lowest BCUT2D eigenvalue weighted by atomic mass is 10.1. The van der Waals surface area contributed by atoms with E-state index >= 15 is 0 Å². The van der Waals surface area contributed by atoms with Gasteiger partial charge in [-0.3, -0.25) is 0 Å². The number of furan rings is 1. The first-order chi connectivity index (χ1) is 9.24. The average molecular weight is 280 g/mol. The normalized spacial score (nSPS) is 12.2. The highest BCUT2D eigenvalue weighted by Crippen LogP contribution is 2.32. The molecule has 0 aliphatic heterocycles. The van der Waals surface area contributed by atoms with Gasteiger partial charge in [-0.05, 0) is 43.7 Å². The van der Waals surface area contributed by atoms with Gasteiger partial charge in [0.1, 0.15) is 11.5 Å². The van der Waals surface area contributed by atoms with E-state index < -0.39 is 0 Å². The number of halogens is 1. The van der Waals surface area contributed by atoms with E-state index in [1.807, 2.05) is 37.3 Å². The SMILES string of the molecule is CCOc1ccc(Cl)cc1NC(CC)c1ccco1. The summed E-state index contributed by atoms with van der Waals surface area (Å²) in [4.78, 5) is 0. The topological polar surface area (TPSA) is 34.4 Å². The summed E-state index contributed by atoms with van der Waals surface area (Å²) in [5, 5.41) is 4.10. The third kappa shape index (κ3) is 3.44. The molecule has 0 spiro atoms. The molecule has 1 aromatic heterocycles. The van der Waals surface area contributed by atoms with Gasteiger partial charge in [0.2, 0.25) is 0 Å². The molecule has 4 heteroatoms. The molecular formula is C15H18ClNO2. The summed E-state index contributed by atoms with van der Waals surface area (Å²) in [5.41, 5.74) is 0.887. The molecule has 1 unspecified atom stereocenters. The Morgan fingerprint density at radius 2 is 2.16 bits per heavy atom. The van der Waals surface area contributed by atoms with Crippen molar-refractivity contribution in [1.29, 1.82) is 0 Å². The molecule has 0 aliphatic rings. The highest BCUT2D eigenvalue weighted by Gasteiger charge is 2.14. The first-order valence-corrected chi connectivity index (χ1v) is 6.84. The second-order valence-corrected chi connectivity index (χ2v) is 4.63. The van der Waals surface area contributed by atoms with E-state index in [0.717, 1.165) is 23.6 Å². The van der Waals surface area contributed by atoms with Crippen LogP contribution in [0.5, 0.6) is 5.75 Å². The standard InChI is InChI=1S/C15H18ClNO2/c1-3-12(14-6-5-9-19-14)17-13-10-11(16)7-8-15(13)18-4-2/h5-10,12,17H,3-4H2,1-2H3. The third-order valence-corrected chi connectivity index (χ3v) is 3.10. The van der Waals surface area contributed by atoms with Crippen molar-refractivity contribution in [3.8, 4) is 5.75 Å². The molecule has 1 heterocycles. The fourth-order valence-corrected chi connectivity index (χ4v) is 2.12. The quantitative estimate of drug-likeness (QED) is 0.817. The lowest BCUT2D eigenvalue weighted by molar-refractivity contribution is 0.341. The first kappa shape index (κ1) is 13.8. The second-order valence-electron chi connectivity index (χ2n) is 4.19. The minimum Gasteiger partial charge on any atom is -0.492 e. The maximum atomic E-state index is 6.05. The fourth-order valence-electron chi connectivity index (χ4n) is 1.95. The summed E-state index contributed by atoms with van der Waals surface area (Å²) in [7, 11) is 0. The van der Waals surface area contributed by atoms with Crippen LogP contribution in [0.3, 0.4) is 0 Å². The third-order valence-electron chi connectivity index (χ3n) is 2.87. The van der Waals surface area contributed by atoms with Crippen molar-refractivity contribution in [2.45, 2.75) is 26.3 Å². The molecule has 2 rings (SSSR count). The summed E-state index contributed by atoms with van der Waals surface area (Å²) >= 11 is 6.05. The van der Waals surface area contributed by atoms with Crippen LogP contribution in [0.15, 0.2) is 41.0 Å². The van der Waals surface area contributed by atoms with Crippen LogP contribution >= 0.6 is 11.6 Å². The van der Waals surface area contributed by atoms with Crippen LogP contribution in [0.2, 0.25) is 5.02 Å². The maximum absolute atomic E-state index is 6.05. The smallest absolute Gasteiger partial charge is 0.142 e. The molecular weight excluding hydrogens is 262 g/mol. The van der Waals surface area contributed by atoms with Crippen molar-refractivity contribution in [2.24, 2.45) is 0 Å². The average Bonchev–Trinajstić information content (AvgIpc) is 2.93. The van der Waals surface area contributed by atoms with Gasteiger partial charge in [-0.2, -0.15) is 0 Å². The van der Waals surface area contributed by atoms with Crippen LogP contribution in [0.25, 0.3) is 0 Å². The monoisotopic (exact) mass is 279 g/mol. The zero-order chi connectivity index (χ0) is 13.7. The van der Waals surface area contributed by atoms with Gasteiger partial charge in [0.25, 0.3) is 0 Å². The van der Waals surface area contributed by atoms with Crippen LogP contribution in [0.4, 0.5) is 5.69 Å². The lowest BCUT2D eigenvalue weighted by Gasteiger charge is -2.19. The Morgan fingerprint density at radius 1 is 1.32 bits per heavy atom. The number of rotatable bonds is 6. The molecule has 0 bridgehead atoms. The van der Waals surface area contributed by atoms with Crippen molar-refractivity contribution in [3.05, 3.63) is 47.4 Å². The van der Waals surface area contributed by atoms with E-state index in [1.165, 1.54) is 0 Å². The molecule has 0 fully saturated rings. The molecule has 0 saturated heterocycles. The van der Waals surface area contributed by atoms with Gasteiger partial charge < -0.3 is 14.5 Å². The number of nitrogens with one attached hydrogen (secondary N) is 1. The number of hydrogen-bond donors (Lipinski definition) is 1. The van der Waals surface area contributed by atoms with Gasteiger partial charge in [0.15, 0.2) is 0 Å². The fraction of sp³-hybridized carbons (Fsp3) is 0.333. The van der Waals surface area contributed by atoms with Crippen LogP contribution in [-0.2, 0) is 0 Å². The van der Waals surface area contributed by atoms with Crippen LogP contribution in [0.1, 0.15) is 32.1 Å². The lowest BCUT2D eigenvalue weighted by Crippen LogP contribution is -2.10. The predicted molar refractivity (Wildman–Crippen MR) is 78.0 cm³/mol. The van der Waals surface area contributed by atoms with Gasteiger partial charge in [-0.1, -0.05) is 18.5 Å². The zero-order valence-corrected chi connectivity index (χ0v) is 11.9. The maximum Gasteiger partial charge on any atom is 0.142 e. The van der Waals surface area contributed by atoms with E-state index in [-0.39, 0.29) is 6.04 Å². The number of ether oxygens (including phenoxy) is 1. The van der Waals surface area contributed by atoms with Crippen LogP contribution in [0, 0.1) is 0 Å². The van der Waals surface area contributed by atoms with Crippen molar-refractivity contribution in [1.82, 2.24) is 0 Å². The van der Waals surface area contributed by atoms with Crippen molar-refractivity contribution in [3.63, 3.8) is 0 Å². The van der Waals surface area contributed by atoms with Crippen molar-refractivity contribution >= 4 is 17.3 Å². The Bertz CT molecular complexity index is 511. The Morgan fingerprint density at radius 3 is 2.79 bits per heavy atom. The van der Waals surface area contributed by atoms with Gasteiger partial charge in [-0.15, -0.1) is 0 Å². The Kier molecular flexibility index (Phi) is 4.74. The molecule has 1 atom stereocenters. The summed E-state index contributed by atoms with van der Waals surface area (Å²) < 4.78 is 11.1. The highest BCUT2D eigenvalue weighted by atomic mass is 35.5. The molecule has 0 amide bonds. The molecule has 2 aromatic rings. The van der Waals surface area contributed by atoms with E-state index in [9.17, 15) is 0 Å². The van der Waals surface area contributed by atoms with E-state index in [1.54, 1.807) is 6.26 Å². The Balaban J connectivity index is 2.23. The van der Waals surface area contributed by atoms with Gasteiger partial charge in [0.05, 0.1) is 24.6 Å². The minimum atomic E-state index is 0.104. The predicted octanol–water partition coefficient (Wildman–Crippen LogP) is 4.89. The molecule has 0 radical (unpaired) electrons. The molecule has 19 heavy (non-hydrogen) atoms. The van der Waals surface area contributed by atoms with Crippen molar-refractivity contribution in [2.75, 3.05) is 11.9 Å². The Labute approximate surface area is 118 Å².